The summed E-state index contributed by atoms with van der Waals surface area (Å²) in [4.78, 5) is 13.5. The Kier molecular flexibility index (Phi) is 5.11. The topological polar surface area (TPSA) is 66.5 Å². The molecular weight excluding hydrogens is 360 g/mol. The van der Waals surface area contributed by atoms with Crippen LogP contribution in [0.4, 0.5) is 11.4 Å². The average molecular weight is 377 g/mol. The van der Waals surface area contributed by atoms with Crippen molar-refractivity contribution in [2.24, 2.45) is 0 Å². The molecule has 0 spiro atoms. The van der Waals surface area contributed by atoms with E-state index in [1.54, 1.807) is 53.4 Å². The van der Waals surface area contributed by atoms with Crippen LogP contribution in [0.25, 0.3) is 6.08 Å². The van der Waals surface area contributed by atoms with Crippen molar-refractivity contribution < 1.29 is 13.2 Å². The highest BCUT2D eigenvalue weighted by molar-refractivity contribution is 7.95. The second-order valence-corrected chi connectivity index (χ2v) is 7.70. The Morgan fingerprint density at radius 2 is 1.88 bits per heavy atom. The molecule has 3 rings (SSSR count). The van der Waals surface area contributed by atoms with Crippen LogP contribution < -0.4 is 9.62 Å². The normalized spacial score (nSPS) is 15.1. The summed E-state index contributed by atoms with van der Waals surface area (Å²) < 4.78 is 27.0. The first-order valence-electron chi connectivity index (χ1n) is 7.80. The van der Waals surface area contributed by atoms with Gasteiger partial charge in [-0.3, -0.25) is 9.52 Å². The van der Waals surface area contributed by atoms with Gasteiger partial charge in [0.25, 0.3) is 10.0 Å². The van der Waals surface area contributed by atoms with E-state index in [4.69, 9.17) is 11.6 Å². The molecule has 2 aromatic carbocycles. The molecule has 7 heteroatoms. The summed E-state index contributed by atoms with van der Waals surface area (Å²) >= 11 is 5.81. The molecule has 130 valence electrons. The molecule has 0 bridgehead atoms. The molecule has 1 amide bonds. The number of halogens is 1. The van der Waals surface area contributed by atoms with Crippen molar-refractivity contribution in [3.8, 4) is 0 Å². The molecule has 1 heterocycles. The fraction of sp³-hybridized carbons (Fsp3) is 0.167. The van der Waals surface area contributed by atoms with Crippen molar-refractivity contribution >= 4 is 45.0 Å². The zero-order chi connectivity index (χ0) is 17.9. The minimum Gasteiger partial charge on any atom is -0.312 e. The first-order valence-corrected chi connectivity index (χ1v) is 9.72. The number of nitrogens with one attached hydrogen (secondary N) is 1. The fourth-order valence-corrected chi connectivity index (χ4v) is 3.58. The first kappa shape index (κ1) is 17.5. The van der Waals surface area contributed by atoms with Crippen LogP contribution in [0, 0.1) is 0 Å². The number of anilines is 2. The second-order valence-electron chi connectivity index (χ2n) is 5.70. The van der Waals surface area contributed by atoms with Crippen LogP contribution in [-0.2, 0) is 14.8 Å². The average Bonchev–Trinajstić information content (AvgIpc) is 3.00. The van der Waals surface area contributed by atoms with Gasteiger partial charge in [0.2, 0.25) is 5.91 Å². The number of nitrogens with zero attached hydrogens (tertiary/aromatic N) is 1. The Balaban J connectivity index is 1.74. The summed E-state index contributed by atoms with van der Waals surface area (Å²) in [6.45, 7) is 0.658. The van der Waals surface area contributed by atoms with E-state index in [-0.39, 0.29) is 5.91 Å². The summed E-state index contributed by atoms with van der Waals surface area (Å²) in [5.41, 5.74) is 1.84. The van der Waals surface area contributed by atoms with E-state index in [0.29, 0.717) is 29.4 Å². The molecule has 5 nitrogen and oxygen atoms in total. The zero-order valence-corrected chi connectivity index (χ0v) is 14.9. The van der Waals surface area contributed by atoms with Crippen molar-refractivity contribution in [3.63, 3.8) is 0 Å². The van der Waals surface area contributed by atoms with Gasteiger partial charge in [-0.2, -0.15) is 0 Å². The van der Waals surface area contributed by atoms with Gasteiger partial charge in [0, 0.05) is 23.7 Å². The summed E-state index contributed by atoms with van der Waals surface area (Å²) in [7, 11) is -3.66. The SMILES string of the molecule is O=C1CCCN1c1cccc(NS(=O)(=O)C=Cc2ccc(Cl)cc2)c1. The molecule has 0 aromatic heterocycles. The molecule has 0 aliphatic carbocycles. The first-order chi connectivity index (χ1) is 11.9. The number of hydrogen-bond acceptors (Lipinski definition) is 3. The zero-order valence-electron chi connectivity index (χ0n) is 13.4. The van der Waals surface area contributed by atoms with Crippen molar-refractivity contribution in [1.29, 1.82) is 0 Å². The number of hydrogen-bond donors (Lipinski definition) is 1. The van der Waals surface area contributed by atoms with Gasteiger partial charge in [-0.15, -0.1) is 0 Å². The van der Waals surface area contributed by atoms with E-state index in [1.165, 1.54) is 6.08 Å². The van der Waals surface area contributed by atoms with Crippen molar-refractivity contribution in [1.82, 2.24) is 0 Å². The molecular formula is C18H17ClN2O3S. The van der Waals surface area contributed by atoms with Gasteiger partial charge in [0.1, 0.15) is 0 Å². The third kappa shape index (κ3) is 4.61. The third-order valence-electron chi connectivity index (χ3n) is 3.80. The highest BCUT2D eigenvalue weighted by atomic mass is 35.5. The van der Waals surface area contributed by atoms with Crippen molar-refractivity contribution in [2.75, 3.05) is 16.2 Å². The summed E-state index contributed by atoms with van der Waals surface area (Å²) in [5.74, 6) is 0.0580. The lowest BCUT2D eigenvalue weighted by Crippen LogP contribution is -2.23. The largest absolute Gasteiger partial charge is 0.312 e. The van der Waals surface area contributed by atoms with Gasteiger partial charge in [-0.25, -0.2) is 8.42 Å². The minimum atomic E-state index is -3.66. The van der Waals surface area contributed by atoms with Crippen LogP contribution in [0.2, 0.25) is 5.02 Å². The van der Waals surface area contributed by atoms with Gasteiger partial charge < -0.3 is 4.90 Å². The highest BCUT2D eigenvalue weighted by Crippen LogP contribution is 2.25. The maximum Gasteiger partial charge on any atom is 0.255 e. The minimum absolute atomic E-state index is 0.0580. The van der Waals surface area contributed by atoms with E-state index in [0.717, 1.165) is 17.4 Å². The quantitative estimate of drug-likeness (QED) is 0.861. The van der Waals surface area contributed by atoms with Crippen LogP contribution in [0.1, 0.15) is 18.4 Å². The number of benzene rings is 2. The molecule has 1 aliphatic heterocycles. The Hall–Kier alpha value is -2.31. The Labute approximate surface area is 152 Å². The maximum absolute atomic E-state index is 12.2. The molecule has 1 N–H and O–H groups in total. The number of carbonyl (C=O) groups excluding carboxylic acids is 1. The highest BCUT2D eigenvalue weighted by Gasteiger charge is 2.21. The number of rotatable bonds is 5. The lowest BCUT2D eigenvalue weighted by molar-refractivity contribution is -0.117. The Bertz CT molecular complexity index is 908. The molecule has 1 saturated heterocycles. The number of amides is 1. The third-order valence-corrected chi connectivity index (χ3v) is 5.07. The summed E-state index contributed by atoms with van der Waals surface area (Å²) in [5, 5.41) is 1.69. The number of carbonyl (C=O) groups is 1. The monoisotopic (exact) mass is 376 g/mol. The van der Waals surface area contributed by atoms with E-state index >= 15 is 0 Å². The van der Waals surface area contributed by atoms with Crippen molar-refractivity contribution in [3.05, 3.63) is 64.5 Å². The molecule has 1 aliphatic rings. The second kappa shape index (κ2) is 7.29. The predicted molar refractivity (Wildman–Crippen MR) is 101 cm³/mol. The van der Waals surface area contributed by atoms with Gasteiger partial charge in [0.15, 0.2) is 0 Å². The van der Waals surface area contributed by atoms with Crippen LogP contribution >= 0.6 is 11.6 Å². The van der Waals surface area contributed by atoms with Crippen LogP contribution in [0.15, 0.2) is 53.9 Å². The van der Waals surface area contributed by atoms with Crippen LogP contribution in [-0.4, -0.2) is 20.9 Å². The molecule has 0 saturated carbocycles. The van der Waals surface area contributed by atoms with E-state index < -0.39 is 10.0 Å². The van der Waals surface area contributed by atoms with E-state index in [9.17, 15) is 13.2 Å². The Morgan fingerprint density at radius 1 is 1.12 bits per heavy atom. The standard InChI is InChI=1S/C18H17ClN2O3S/c19-15-8-6-14(7-9-15)10-12-25(23,24)20-16-3-1-4-17(13-16)21-11-2-5-18(21)22/h1,3-4,6-10,12-13,20H,2,5,11H2. The van der Waals surface area contributed by atoms with Crippen molar-refractivity contribution in [2.45, 2.75) is 12.8 Å². The smallest absolute Gasteiger partial charge is 0.255 e. The molecule has 0 radical (unpaired) electrons. The lowest BCUT2D eigenvalue weighted by Gasteiger charge is -2.16. The van der Waals surface area contributed by atoms with E-state index in [1.807, 2.05) is 0 Å². The molecule has 1 fully saturated rings. The van der Waals surface area contributed by atoms with Gasteiger partial charge in [-0.1, -0.05) is 29.8 Å². The molecule has 0 atom stereocenters. The van der Waals surface area contributed by atoms with Crippen LogP contribution in [0.3, 0.4) is 0 Å². The van der Waals surface area contributed by atoms with E-state index in [2.05, 4.69) is 4.72 Å². The molecule has 25 heavy (non-hydrogen) atoms. The summed E-state index contributed by atoms with van der Waals surface area (Å²) in [6.07, 6.45) is 2.84. The van der Waals surface area contributed by atoms with Gasteiger partial charge in [-0.05, 0) is 48.4 Å². The molecule has 2 aromatic rings. The fourth-order valence-electron chi connectivity index (χ4n) is 2.60. The maximum atomic E-state index is 12.2. The van der Waals surface area contributed by atoms with Crippen LogP contribution in [0.5, 0.6) is 0 Å². The number of sulfonamides is 1. The van der Waals surface area contributed by atoms with Gasteiger partial charge >= 0.3 is 0 Å². The Morgan fingerprint density at radius 3 is 2.56 bits per heavy atom. The predicted octanol–water partition coefficient (Wildman–Crippen LogP) is 3.88. The van der Waals surface area contributed by atoms with Gasteiger partial charge in [0.05, 0.1) is 11.1 Å². The molecule has 0 unspecified atom stereocenters. The lowest BCUT2D eigenvalue weighted by atomic mass is 10.2. The summed E-state index contributed by atoms with van der Waals surface area (Å²) in [6, 6.07) is 13.7.